The van der Waals surface area contributed by atoms with Gasteiger partial charge in [-0.15, -0.1) is 6.58 Å². The number of benzene rings is 1. The Morgan fingerprint density at radius 3 is 2.83 bits per heavy atom. The normalized spacial score (nSPS) is 10.3. The minimum atomic E-state index is -0.369. The Morgan fingerprint density at radius 2 is 2.11 bits per heavy atom. The molecular weight excluding hydrogens is 252 g/mol. The highest BCUT2D eigenvalue weighted by atomic mass is 35.5. The molecule has 0 saturated heterocycles. The molecule has 4 nitrogen and oxygen atoms in total. The summed E-state index contributed by atoms with van der Waals surface area (Å²) in [6.45, 7) is 3.95. The Morgan fingerprint density at radius 1 is 1.33 bits per heavy atom. The lowest BCUT2D eigenvalue weighted by molar-refractivity contribution is 1.26. The molecule has 0 bridgehead atoms. The molecular formula is C13H11ClN2O2. The first kappa shape index (κ1) is 12.4. The minimum absolute atomic E-state index is 0.215. The van der Waals surface area contributed by atoms with E-state index in [1.54, 1.807) is 24.3 Å². The summed E-state index contributed by atoms with van der Waals surface area (Å²) in [5.74, 6) is 0. The number of anilines is 1. The summed E-state index contributed by atoms with van der Waals surface area (Å²) in [6.07, 6.45) is 1.60. The monoisotopic (exact) mass is 262 g/mol. The van der Waals surface area contributed by atoms with Gasteiger partial charge < -0.3 is 10.3 Å². The number of nitrogens with one attached hydrogen (secondary N) is 2. The molecule has 0 aliphatic heterocycles. The van der Waals surface area contributed by atoms with Gasteiger partial charge in [0.05, 0.1) is 5.52 Å². The van der Waals surface area contributed by atoms with E-state index in [0.717, 1.165) is 0 Å². The van der Waals surface area contributed by atoms with Crippen molar-refractivity contribution >= 4 is 28.2 Å². The highest BCUT2D eigenvalue weighted by molar-refractivity contribution is 6.31. The van der Waals surface area contributed by atoms with Crippen LogP contribution in [-0.4, -0.2) is 11.5 Å². The number of rotatable bonds is 3. The van der Waals surface area contributed by atoms with Gasteiger partial charge in [-0.05, 0) is 18.2 Å². The molecule has 2 rings (SSSR count). The fraction of sp³-hybridized carbons (Fsp3) is 0.0769. The molecule has 2 aromatic rings. The van der Waals surface area contributed by atoms with Crippen LogP contribution in [0.4, 0.5) is 5.69 Å². The van der Waals surface area contributed by atoms with Crippen LogP contribution in [0.25, 0.3) is 10.9 Å². The number of aromatic amines is 1. The zero-order chi connectivity index (χ0) is 13.1. The largest absolute Gasteiger partial charge is 0.377 e. The van der Waals surface area contributed by atoms with E-state index in [9.17, 15) is 9.59 Å². The van der Waals surface area contributed by atoms with E-state index < -0.39 is 0 Å². The molecule has 0 aliphatic carbocycles. The van der Waals surface area contributed by atoms with Gasteiger partial charge >= 0.3 is 0 Å². The summed E-state index contributed by atoms with van der Waals surface area (Å²) in [4.78, 5) is 26.5. The molecule has 1 aromatic heterocycles. The Balaban J connectivity index is 2.76. The number of hydrogen-bond acceptors (Lipinski definition) is 3. The van der Waals surface area contributed by atoms with Crippen molar-refractivity contribution in [2.75, 3.05) is 11.9 Å². The third kappa shape index (κ3) is 2.43. The van der Waals surface area contributed by atoms with Crippen LogP contribution in [0.5, 0.6) is 0 Å². The summed E-state index contributed by atoms with van der Waals surface area (Å²) < 4.78 is 0. The van der Waals surface area contributed by atoms with Gasteiger partial charge in [-0.2, -0.15) is 0 Å². The first-order valence-electron chi connectivity index (χ1n) is 5.33. The number of aromatic nitrogens is 1. The van der Waals surface area contributed by atoms with Crippen LogP contribution in [0.2, 0.25) is 5.02 Å². The SMILES string of the molecule is C=CCNc1cc(=O)c2ccc(Cl)cc2[nH]c1=O. The fourth-order valence-corrected chi connectivity index (χ4v) is 1.78. The number of fused-ring (bicyclic) bond motifs is 1. The first-order valence-corrected chi connectivity index (χ1v) is 5.71. The van der Waals surface area contributed by atoms with Crippen molar-refractivity contribution in [3.63, 3.8) is 0 Å². The molecule has 0 unspecified atom stereocenters. The first-order chi connectivity index (χ1) is 8.61. The van der Waals surface area contributed by atoms with Crippen molar-refractivity contribution in [1.82, 2.24) is 4.98 Å². The molecule has 18 heavy (non-hydrogen) atoms. The van der Waals surface area contributed by atoms with Gasteiger partial charge in [0.15, 0.2) is 5.43 Å². The third-order valence-electron chi connectivity index (χ3n) is 2.45. The lowest BCUT2D eigenvalue weighted by atomic mass is 10.2. The summed E-state index contributed by atoms with van der Waals surface area (Å²) in [5.41, 5.74) is 0.0224. The average Bonchev–Trinajstić information content (AvgIpc) is 2.44. The molecule has 0 radical (unpaired) electrons. The molecule has 5 heteroatoms. The number of H-pyrrole nitrogens is 1. The third-order valence-corrected chi connectivity index (χ3v) is 2.69. The van der Waals surface area contributed by atoms with Gasteiger partial charge in [0.2, 0.25) is 0 Å². The number of halogens is 1. The second-order valence-electron chi connectivity index (χ2n) is 3.74. The maximum absolute atomic E-state index is 12.0. The van der Waals surface area contributed by atoms with E-state index in [2.05, 4.69) is 16.9 Å². The highest BCUT2D eigenvalue weighted by Gasteiger charge is 2.03. The zero-order valence-corrected chi connectivity index (χ0v) is 10.3. The van der Waals surface area contributed by atoms with Crippen LogP contribution in [0.1, 0.15) is 0 Å². The predicted octanol–water partition coefficient (Wildman–Crippen LogP) is 2.14. The van der Waals surface area contributed by atoms with E-state index in [1.165, 1.54) is 6.07 Å². The average molecular weight is 263 g/mol. The Hall–Kier alpha value is -2.07. The van der Waals surface area contributed by atoms with E-state index in [0.29, 0.717) is 22.5 Å². The van der Waals surface area contributed by atoms with Crippen molar-refractivity contribution in [1.29, 1.82) is 0 Å². The second-order valence-corrected chi connectivity index (χ2v) is 4.17. The summed E-state index contributed by atoms with van der Waals surface area (Å²) in [7, 11) is 0. The number of hydrogen-bond donors (Lipinski definition) is 2. The molecule has 0 spiro atoms. The van der Waals surface area contributed by atoms with Gasteiger partial charge in [0.25, 0.3) is 5.56 Å². The van der Waals surface area contributed by atoms with Crippen LogP contribution in [0.3, 0.4) is 0 Å². The van der Waals surface area contributed by atoms with Gasteiger partial charge in [0, 0.05) is 23.0 Å². The second kappa shape index (κ2) is 5.06. The quantitative estimate of drug-likeness (QED) is 0.833. The molecule has 1 heterocycles. The zero-order valence-electron chi connectivity index (χ0n) is 9.50. The van der Waals surface area contributed by atoms with Crippen LogP contribution in [0.15, 0.2) is 46.5 Å². The van der Waals surface area contributed by atoms with E-state index in [4.69, 9.17) is 11.6 Å². The van der Waals surface area contributed by atoms with E-state index in [1.807, 2.05) is 0 Å². The van der Waals surface area contributed by atoms with Crippen molar-refractivity contribution in [2.24, 2.45) is 0 Å². The van der Waals surface area contributed by atoms with Crippen LogP contribution < -0.4 is 16.3 Å². The fourth-order valence-electron chi connectivity index (χ4n) is 1.61. The smallest absolute Gasteiger partial charge is 0.271 e. The van der Waals surface area contributed by atoms with Crippen molar-refractivity contribution in [3.8, 4) is 0 Å². The standard InChI is InChI=1S/C13H11ClN2O2/c1-2-5-15-11-7-12(17)9-4-3-8(14)6-10(9)16-13(11)18/h2-4,6-7,15H,1,5H2,(H,16,18). The highest BCUT2D eigenvalue weighted by Crippen LogP contribution is 2.13. The van der Waals surface area contributed by atoms with Gasteiger partial charge in [-0.1, -0.05) is 17.7 Å². The Bertz CT molecular complexity index is 722. The topological polar surface area (TPSA) is 62.0 Å². The summed E-state index contributed by atoms with van der Waals surface area (Å²) in [6, 6.07) is 6.03. The molecule has 0 fully saturated rings. The molecule has 2 N–H and O–H groups in total. The van der Waals surface area contributed by atoms with Gasteiger partial charge in [0.1, 0.15) is 5.69 Å². The molecule has 92 valence electrons. The molecule has 0 saturated carbocycles. The molecule has 0 atom stereocenters. The van der Waals surface area contributed by atoms with Crippen LogP contribution in [0, 0.1) is 0 Å². The summed E-state index contributed by atoms with van der Waals surface area (Å²) >= 11 is 5.84. The molecule has 0 amide bonds. The Kier molecular flexibility index (Phi) is 3.48. The molecule has 1 aromatic carbocycles. The predicted molar refractivity (Wildman–Crippen MR) is 74.5 cm³/mol. The maximum Gasteiger partial charge on any atom is 0.271 e. The lowest BCUT2D eigenvalue weighted by Gasteiger charge is -1.96. The van der Waals surface area contributed by atoms with E-state index in [-0.39, 0.29) is 16.7 Å². The maximum atomic E-state index is 12.0. The van der Waals surface area contributed by atoms with Gasteiger partial charge in [-0.3, -0.25) is 9.59 Å². The van der Waals surface area contributed by atoms with Crippen molar-refractivity contribution in [2.45, 2.75) is 0 Å². The van der Waals surface area contributed by atoms with Crippen molar-refractivity contribution in [3.05, 3.63) is 62.5 Å². The summed E-state index contributed by atoms with van der Waals surface area (Å²) in [5, 5.41) is 3.70. The minimum Gasteiger partial charge on any atom is -0.377 e. The molecule has 0 aliphatic rings. The van der Waals surface area contributed by atoms with Crippen molar-refractivity contribution < 1.29 is 0 Å². The van der Waals surface area contributed by atoms with E-state index >= 15 is 0 Å². The van der Waals surface area contributed by atoms with Crippen LogP contribution in [-0.2, 0) is 0 Å². The van der Waals surface area contributed by atoms with Gasteiger partial charge in [-0.25, -0.2) is 0 Å². The Labute approximate surface area is 108 Å². The lowest BCUT2D eigenvalue weighted by Crippen LogP contribution is -2.12. The van der Waals surface area contributed by atoms with Crippen LogP contribution >= 0.6 is 11.6 Å².